The van der Waals surface area contributed by atoms with Crippen LogP contribution in [0.15, 0.2) is 42.5 Å². The number of rotatable bonds is 4. The lowest BCUT2D eigenvalue weighted by Crippen LogP contribution is -2.31. The van der Waals surface area contributed by atoms with Crippen LogP contribution in [-0.2, 0) is 0 Å². The lowest BCUT2D eigenvalue weighted by molar-refractivity contribution is 0.0987. The third-order valence-corrected chi connectivity index (χ3v) is 3.63. The molecule has 2 rings (SSSR count). The molecule has 0 unspecified atom stereocenters. The number of hydrogen-bond donors (Lipinski definition) is 1. The first kappa shape index (κ1) is 15.1. The quantitative estimate of drug-likeness (QED) is 0.863. The van der Waals surface area contributed by atoms with E-state index in [0.717, 1.165) is 17.7 Å². The summed E-state index contributed by atoms with van der Waals surface area (Å²) in [6.07, 6.45) is 0.894. The van der Waals surface area contributed by atoms with Crippen molar-refractivity contribution in [3.63, 3.8) is 0 Å². The molecule has 0 aliphatic carbocycles. The van der Waals surface area contributed by atoms with E-state index in [9.17, 15) is 4.79 Å². The zero-order valence-electron chi connectivity index (χ0n) is 12.9. The maximum Gasteiger partial charge on any atom is 0.258 e. The van der Waals surface area contributed by atoms with Gasteiger partial charge in [0.2, 0.25) is 0 Å². The molecule has 0 atom stereocenters. The second-order valence-corrected chi connectivity index (χ2v) is 5.35. The number of nitrogen functional groups attached to an aromatic ring is 1. The van der Waals surface area contributed by atoms with E-state index in [2.05, 4.69) is 6.92 Å². The maximum atomic E-state index is 12.8. The minimum Gasteiger partial charge on any atom is -0.399 e. The largest absolute Gasteiger partial charge is 0.399 e. The van der Waals surface area contributed by atoms with Crippen LogP contribution in [0, 0.1) is 13.8 Å². The van der Waals surface area contributed by atoms with Gasteiger partial charge in [-0.15, -0.1) is 0 Å². The van der Waals surface area contributed by atoms with Gasteiger partial charge in [-0.05, 0) is 61.7 Å². The molecule has 2 aromatic rings. The van der Waals surface area contributed by atoms with E-state index in [1.165, 1.54) is 5.56 Å². The van der Waals surface area contributed by atoms with Crippen molar-refractivity contribution in [3.8, 4) is 0 Å². The first-order valence-electron chi connectivity index (χ1n) is 7.27. The molecular weight excluding hydrogens is 260 g/mol. The summed E-state index contributed by atoms with van der Waals surface area (Å²) in [4.78, 5) is 14.6. The van der Waals surface area contributed by atoms with Crippen molar-refractivity contribution in [1.82, 2.24) is 0 Å². The van der Waals surface area contributed by atoms with Gasteiger partial charge in [-0.25, -0.2) is 0 Å². The van der Waals surface area contributed by atoms with Gasteiger partial charge in [-0.2, -0.15) is 0 Å². The van der Waals surface area contributed by atoms with Crippen LogP contribution in [0.25, 0.3) is 0 Å². The van der Waals surface area contributed by atoms with Gasteiger partial charge in [-0.1, -0.05) is 19.1 Å². The van der Waals surface area contributed by atoms with E-state index in [4.69, 9.17) is 5.73 Å². The summed E-state index contributed by atoms with van der Waals surface area (Å²) in [5.74, 6) is 0.0190. The van der Waals surface area contributed by atoms with Crippen LogP contribution in [-0.4, -0.2) is 12.5 Å². The first-order valence-corrected chi connectivity index (χ1v) is 7.27. The summed E-state index contributed by atoms with van der Waals surface area (Å²) in [5.41, 5.74) is 10.4. The highest BCUT2D eigenvalue weighted by Crippen LogP contribution is 2.21. The first-order chi connectivity index (χ1) is 10.0. The molecule has 0 aromatic heterocycles. The lowest BCUT2D eigenvalue weighted by Gasteiger charge is -2.23. The minimum atomic E-state index is 0.0190. The summed E-state index contributed by atoms with van der Waals surface area (Å²) in [5, 5.41) is 0. The van der Waals surface area contributed by atoms with Crippen molar-refractivity contribution in [2.24, 2.45) is 0 Å². The van der Waals surface area contributed by atoms with Crippen LogP contribution in [0.4, 0.5) is 11.4 Å². The molecule has 2 N–H and O–H groups in total. The van der Waals surface area contributed by atoms with E-state index >= 15 is 0 Å². The Balaban J connectivity index is 2.37. The second-order valence-electron chi connectivity index (χ2n) is 5.35. The molecule has 0 bridgehead atoms. The molecule has 0 heterocycles. The summed E-state index contributed by atoms with van der Waals surface area (Å²) in [7, 11) is 0. The summed E-state index contributed by atoms with van der Waals surface area (Å²) in [6.45, 7) is 6.81. The summed E-state index contributed by atoms with van der Waals surface area (Å²) < 4.78 is 0. The van der Waals surface area contributed by atoms with Gasteiger partial charge in [-0.3, -0.25) is 4.79 Å². The number of amides is 1. The van der Waals surface area contributed by atoms with E-state index < -0.39 is 0 Å². The molecule has 0 spiro atoms. The van der Waals surface area contributed by atoms with Crippen molar-refractivity contribution < 1.29 is 4.79 Å². The van der Waals surface area contributed by atoms with Gasteiger partial charge in [0.05, 0.1) is 0 Å². The predicted molar refractivity (Wildman–Crippen MR) is 88.7 cm³/mol. The molecule has 0 aliphatic heterocycles. The summed E-state index contributed by atoms with van der Waals surface area (Å²) >= 11 is 0. The van der Waals surface area contributed by atoms with Gasteiger partial charge in [0, 0.05) is 23.5 Å². The van der Waals surface area contributed by atoms with Crippen molar-refractivity contribution in [3.05, 3.63) is 59.2 Å². The molecule has 21 heavy (non-hydrogen) atoms. The highest BCUT2D eigenvalue weighted by atomic mass is 16.2. The van der Waals surface area contributed by atoms with E-state index in [-0.39, 0.29) is 5.91 Å². The molecule has 3 nitrogen and oxygen atoms in total. The van der Waals surface area contributed by atoms with E-state index in [1.54, 1.807) is 4.90 Å². The van der Waals surface area contributed by atoms with Crippen LogP contribution in [0.3, 0.4) is 0 Å². The monoisotopic (exact) mass is 282 g/mol. The van der Waals surface area contributed by atoms with Gasteiger partial charge >= 0.3 is 0 Å². The molecule has 1 amide bonds. The maximum absolute atomic E-state index is 12.8. The number of carbonyl (C=O) groups excluding carboxylic acids is 1. The molecular formula is C18H22N2O. The fraction of sp³-hybridized carbons (Fsp3) is 0.278. The molecule has 0 radical (unpaired) electrons. The number of aryl methyl sites for hydroxylation is 2. The Kier molecular flexibility index (Phi) is 4.63. The highest BCUT2D eigenvalue weighted by molar-refractivity contribution is 6.06. The topological polar surface area (TPSA) is 46.3 Å². The van der Waals surface area contributed by atoms with Crippen LogP contribution in [0.5, 0.6) is 0 Å². The Labute approximate surface area is 126 Å². The zero-order valence-corrected chi connectivity index (χ0v) is 12.9. The number of carbonyl (C=O) groups is 1. The van der Waals surface area contributed by atoms with Crippen LogP contribution in [0.2, 0.25) is 0 Å². The average molecular weight is 282 g/mol. The Morgan fingerprint density at radius 3 is 2.48 bits per heavy atom. The Bertz CT molecular complexity index is 649. The number of nitrogens with zero attached hydrogens (tertiary/aromatic N) is 1. The number of nitrogens with two attached hydrogens (primary N) is 1. The van der Waals surface area contributed by atoms with E-state index in [0.29, 0.717) is 17.8 Å². The molecule has 3 heteroatoms. The van der Waals surface area contributed by atoms with Gasteiger partial charge < -0.3 is 10.6 Å². The normalized spacial score (nSPS) is 10.4. The third-order valence-electron chi connectivity index (χ3n) is 3.63. The van der Waals surface area contributed by atoms with Crippen molar-refractivity contribution in [1.29, 1.82) is 0 Å². The van der Waals surface area contributed by atoms with Crippen LogP contribution in [0.1, 0.15) is 34.8 Å². The van der Waals surface area contributed by atoms with Gasteiger partial charge in [0.1, 0.15) is 0 Å². The number of hydrogen-bond acceptors (Lipinski definition) is 2. The molecule has 0 fully saturated rings. The molecule has 110 valence electrons. The fourth-order valence-corrected chi connectivity index (χ4v) is 2.29. The van der Waals surface area contributed by atoms with Gasteiger partial charge in [0.15, 0.2) is 0 Å². The Morgan fingerprint density at radius 2 is 1.86 bits per heavy atom. The number of benzene rings is 2. The van der Waals surface area contributed by atoms with Crippen molar-refractivity contribution in [2.75, 3.05) is 17.2 Å². The zero-order chi connectivity index (χ0) is 15.4. The number of anilines is 2. The van der Waals surface area contributed by atoms with Crippen LogP contribution < -0.4 is 10.6 Å². The fourth-order valence-electron chi connectivity index (χ4n) is 2.29. The Morgan fingerprint density at radius 1 is 1.10 bits per heavy atom. The molecule has 0 saturated carbocycles. The molecule has 0 saturated heterocycles. The Hall–Kier alpha value is -2.29. The third kappa shape index (κ3) is 3.43. The van der Waals surface area contributed by atoms with E-state index in [1.807, 2.05) is 56.3 Å². The smallest absolute Gasteiger partial charge is 0.258 e. The average Bonchev–Trinajstić information content (AvgIpc) is 2.47. The van der Waals surface area contributed by atoms with Crippen molar-refractivity contribution >= 4 is 17.3 Å². The minimum absolute atomic E-state index is 0.0190. The molecule has 0 aliphatic rings. The van der Waals surface area contributed by atoms with Crippen LogP contribution >= 0.6 is 0 Å². The molecule has 2 aromatic carbocycles. The lowest BCUT2D eigenvalue weighted by atomic mass is 10.1. The van der Waals surface area contributed by atoms with Gasteiger partial charge in [0.25, 0.3) is 5.91 Å². The predicted octanol–water partition coefficient (Wildman–Crippen LogP) is 3.94. The second kappa shape index (κ2) is 6.44. The van der Waals surface area contributed by atoms with Crippen molar-refractivity contribution in [2.45, 2.75) is 27.2 Å². The SMILES string of the molecule is CCCN(C(=O)c1ccc(C)c(C)c1)c1cccc(N)c1. The standard InChI is InChI=1S/C18H22N2O/c1-4-10-20(17-7-5-6-16(19)12-17)18(21)15-9-8-13(2)14(3)11-15/h5-9,11-12H,4,10,19H2,1-3H3. The highest BCUT2D eigenvalue weighted by Gasteiger charge is 2.17. The summed E-state index contributed by atoms with van der Waals surface area (Å²) in [6, 6.07) is 13.3.